The van der Waals surface area contributed by atoms with Crippen molar-refractivity contribution in [1.82, 2.24) is 20.2 Å². The number of nitrogens with two attached hydrogens (primary N) is 2. The van der Waals surface area contributed by atoms with Gasteiger partial charge in [0, 0.05) is 25.0 Å². The number of pyridine rings is 1. The second-order valence-corrected chi connectivity index (χ2v) is 4.00. The molecule has 0 aromatic carbocycles. The highest BCUT2D eigenvalue weighted by Crippen LogP contribution is 2.25. The van der Waals surface area contributed by atoms with Crippen LogP contribution in [0.1, 0.15) is 22.7 Å². The van der Waals surface area contributed by atoms with E-state index in [0.717, 1.165) is 16.7 Å². The Hall–Kier alpha value is -1.92. The van der Waals surface area contributed by atoms with Gasteiger partial charge < -0.3 is 5.73 Å². The molecule has 1 atom stereocenters. The molecule has 90 valence electrons. The molecule has 0 amide bonds. The van der Waals surface area contributed by atoms with Crippen LogP contribution in [0.15, 0.2) is 24.7 Å². The molecule has 0 aliphatic rings. The van der Waals surface area contributed by atoms with Crippen LogP contribution in [0.25, 0.3) is 0 Å². The molecule has 5 N–H and O–H groups in total. The molecule has 2 heterocycles. The Morgan fingerprint density at radius 2 is 2.12 bits per heavy atom. The molecule has 0 saturated carbocycles. The maximum Gasteiger partial charge on any atom is 0.126 e. The van der Waals surface area contributed by atoms with Crippen LogP contribution in [0.4, 0.5) is 5.82 Å². The maximum atomic E-state index is 5.94. The lowest BCUT2D eigenvalue weighted by molar-refractivity contribution is 0.635. The van der Waals surface area contributed by atoms with Crippen molar-refractivity contribution in [2.75, 3.05) is 5.73 Å². The summed E-state index contributed by atoms with van der Waals surface area (Å²) in [4.78, 5) is 4.15. The third-order valence-electron chi connectivity index (χ3n) is 2.72. The molecule has 1 unspecified atom stereocenters. The van der Waals surface area contributed by atoms with Crippen molar-refractivity contribution in [1.29, 1.82) is 0 Å². The molecule has 17 heavy (non-hydrogen) atoms. The summed E-state index contributed by atoms with van der Waals surface area (Å²) in [6.45, 7) is 1.98. The lowest BCUT2D eigenvalue weighted by Gasteiger charge is -2.15. The number of hydrogen-bond acceptors (Lipinski definition) is 5. The van der Waals surface area contributed by atoms with E-state index < -0.39 is 0 Å². The Morgan fingerprint density at radius 3 is 2.65 bits per heavy atom. The zero-order valence-electron chi connectivity index (χ0n) is 9.88. The van der Waals surface area contributed by atoms with E-state index >= 15 is 0 Å². The van der Waals surface area contributed by atoms with Gasteiger partial charge in [-0.2, -0.15) is 5.10 Å². The molecule has 0 aliphatic carbocycles. The Balaban J connectivity index is 2.44. The second kappa shape index (κ2) is 4.52. The van der Waals surface area contributed by atoms with Crippen LogP contribution in [0.2, 0.25) is 0 Å². The highest BCUT2D eigenvalue weighted by Gasteiger charge is 2.18. The summed E-state index contributed by atoms with van der Waals surface area (Å²) in [7, 11) is 1.79. The topological polar surface area (TPSA) is 94.8 Å². The molecule has 0 bridgehead atoms. The highest BCUT2D eigenvalue weighted by molar-refractivity contribution is 5.45. The van der Waals surface area contributed by atoms with Gasteiger partial charge in [0.25, 0.3) is 0 Å². The Labute approximate surface area is 99.6 Å². The van der Waals surface area contributed by atoms with Gasteiger partial charge in [-0.15, -0.1) is 0 Å². The summed E-state index contributed by atoms with van der Waals surface area (Å²) in [5, 5.41) is 4.11. The number of aromatic nitrogens is 3. The summed E-state index contributed by atoms with van der Waals surface area (Å²) >= 11 is 0. The van der Waals surface area contributed by atoms with Gasteiger partial charge in [-0.25, -0.2) is 5.43 Å². The number of hydrazine groups is 1. The van der Waals surface area contributed by atoms with Crippen molar-refractivity contribution >= 4 is 5.82 Å². The van der Waals surface area contributed by atoms with E-state index in [1.165, 1.54) is 0 Å². The smallest absolute Gasteiger partial charge is 0.126 e. The molecule has 2 rings (SSSR count). The SMILES string of the molecule is Cc1cncc(C(NN)c2cnn(C)c2N)c1. The van der Waals surface area contributed by atoms with Gasteiger partial charge in [-0.1, -0.05) is 6.07 Å². The fourth-order valence-corrected chi connectivity index (χ4v) is 1.79. The Kier molecular flexibility index (Phi) is 3.08. The molecule has 0 fully saturated rings. The third-order valence-corrected chi connectivity index (χ3v) is 2.72. The minimum Gasteiger partial charge on any atom is -0.384 e. The average Bonchev–Trinajstić information content (AvgIpc) is 2.63. The number of anilines is 1. The first-order valence-corrected chi connectivity index (χ1v) is 5.28. The molecular weight excluding hydrogens is 216 g/mol. The van der Waals surface area contributed by atoms with Gasteiger partial charge in [0.05, 0.1) is 12.2 Å². The van der Waals surface area contributed by atoms with Crippen molar-refractivity contribution in [3.05, 3.63) is 41.3 Å². The number of nitrogen functional groups attached to an aromatic ring is 1. The van der Waals surface area contributed by atoms with Crippen molar-refractivity contribution < 1.29 is 0 Å². The van der Waals surface area contributed by atoms with Gasteiger partial charge in [-0.05, 0) is 18.1 Å². The molecule has 0 saturated heterocycles. The number of nitrogens with one attached hydrogen (secondary N) is 1. The predicted octanol–water partition coefficient (Wildman–Crippen LogP) is 0.258. The van der Waals surface area contributed by atoms with E-state index in [2.05, 4.69) is 15.5 Å². The van der Waals surface area contributed by atoms with Crippen molar-refractivity contribution in [2.24, 2.45) is 12.9 Å². The lowest BCUT2D eigenvalue weighted by Crippen LogP contribution is -2.29. The van der Waals surface area contributed by atoms with Crippen molar-refractivity contribution in [3.63, 3.8) is 0 Å². The average molecular weight is 232 g/mol. The van der Waals surface area contributed by atoms with Gasteiger partial charge in [0.15, 0.2) is 0 Å². The normalized spacial score (nSPS) is 12.6. The minimum absolute atomic E-state index is 0.198. The van der Waals surface area contributed by atoms with E-state index in [4.69, 9.17) is 11.6 Å². The Morgan fingerprint density at radius 1 is 1.35 bits per heavy atom. The van der Waals surface area contributed by atoms with E-state index in [-0.39, 0.29) is 6.04 Å². The fraction of sp³-hybridized carbons (Fsp3) is 0.273. The zero-order valence-corrected chi connectivity index (χ0v) is 9.88. The molecule has 2 aromatic heterocycles. The molecule has 2 aromatic rings. The lowest BCUT2D eigenvalue weighted by atomic mass is 10.0. The molecular formula is C11H16N6. The first-order valence-electron chi connectivity index (χ1n) is 5.28. The van der Waals surface area contributed by atoms with E-state index in [9.17, 15) is 0 Å². The minimum atomic E-state index is -0.198. The van der Waals surface area contributed by atoms with Crippen LogP contribution in [-0.4, -0.2) is 14.8 Å². The summed E-state index contributed by atoms with van der Waals surface area (Å²) < 4.78 is 1.61. The molecule has 0 spiro atoms. The number of rotatable bonds is 3. The maximum absolute atomic E-state index is 5.94. The second-order valence-electron chi connectivity index (χ2n) is 4.00. The zero-order chi connectivity index (χ0) is 12.4. The van der Waals surface area contributed by atoms with Gasteiger partial charge >= 0.3 is 0 Å². The summed E-state index contributed by atoms with van der Waals surface area (Å²) in [6, 6.07) is 1.82. The number of nitrogens with zero attached hydrogens (tertiary/aromatic N) is 3. The van der Waals surface area contributed by atoms with Crippen LogP contribution in [0, 0.1) is 6.92 Å². The Bertz CT molecular complexity index is 518. The van der Waals surface area contributed by atoms with E-state index in [1.54, 1.807) is 30.3 Å². The number of hydrogen-bond donors (Lipinski definition) is 3. The monoisotopic (exact) mass is 232 g/mol. The van der Waals surface area contributed by atoms with Gasteiger partial charge in [0.2, 0.25) is 0 Å². The van der Waals surface area contributed by atoms with E-state index in [0.29, 0.717) is 5.82 Å². The van der Waals surface area contributed by atoms with Crippen LogP contribution in [0.5, 0.6) is 0 Å². The summed E-state index contributed by atoms with van der Waals surface area (Å²) in [5.41, 5.74) is 11.6. The van der Waals surface area contributed by atoms with Gasteiger partial charge in [-0.3, -0.25) is 15.5 Å². The third kappa shape index (κ3) is 2.13. The largest absolute Gasteiger partial charge is 0.384 e. The fourth-order valence-electron chi connectivity index (χ4n) is 1.79. The van der Waals surface area contributed by atoms with E-state index in [1.807, 2.05) is 13.0 Å². The first kappa shape index (κ1) is 11.6. The first-order chi connectivity index (χ1) is 8.13. The van der Waals surface area contributed by atoms with Crippen LogP contribution in [0.3, 0.4) is 0 Å². The predicted molar refractivity (Wildman–Crippen MR) is 65.8 cm³/mol. The molecule has 0 radical (unpaired) electrons. The van der Waals surface area contributed by atoms with Crippen molar-refractivity contribution in [2.45, 2.75) is 13.0 Å². The van der Waals surface area contributed by atoms with Crippen LogP contribution < -0.4 is 17.0 Å². The highest BCUT2D eigenvalue weighted by atomic mass is 15.3. The molecule has 0 aliphatic heterocycles. The quantitative estimate of drug-likeness (QED) is 0.521. The van der Waals surface area contributed by atoms with Crippen LogP contribution >= 0.6 is 0 Å². The van der Waals surface area contributed by atoms with Crippen LogP contribution in [-0.2, 0) is 7.05 Å². The van der Waals surface area contributed by atoms with Crippen molar-refractivity contribution in [3.8, 4) is 0 Å². The standard InChI is InChI=1S/C11H16N6/c1-7-3-8(5-14-4-7)10(16-13)9-6-15-17(2)11(9)12/h3-6,10,16H,12-13H2,1-2H3. The molecule has 6 heteroatoms. The van der Waals surface area contributed by atoms with Gasteiger partial charge in [0.1, 0.15) is 5.82 Å². The molecule has 6 nitrogen and oxygen atoms in total. The summed E-state index contributed by atoms with van der Waals surface area (Å²) in [5.74, 6) is 6.19. The summed E-state index contributed by atoms with van der Waals surface area (Å²) in [6.07, 6.45) is 5.27. The number of aryl methyl sites for hydroxylation is 2.